The molecule has 0 radical (unpaired) electrons. The number of benzene rings is 1. The van der Waals surface area contributed by atoms with Crippen LogP contribution < -0.4 is 10.2 Å². The van der Waals surface area contributed by atoms with Gasteiger partial charge in [-0.1, -0.05) is 12.1 Å². The Bertz CT molecular complexity index is 815. The lowest BCUT2D eigenvalue weighted by Crippen LogP contribution is -2.28. The maximum Gasteiger partial charge on any atom is 0.229 e. The molecule has 126 valence electrons. The summed E-state index contributed by atoms with van der Waals surface area (Å²) in [6.45, 7) is 4.14. The first-order valence-corrected chi connectivity index (χ1v) is 8.53. The molecule has 7 heteroatoms. The van der Waals surface area contributed by atoms with E-state index < -0.39 is 0 Å². The Morgan fingerprint density at radius 3 is 2.67 bits per heavy atom. The molecule has 2 amide bonds. The average molecular weight is 391 g/mol. The summed E-state index contributed by atoms with van der Waals surface area (Å²) in [7, 11) is 1.84. The predicted octanol–water partition coefficient (Wildman–Crippen LogP) is 2.79. The number of aryl methyl sites for hydroxylation is 2. The van der Waals surface area contributed by atoms with E-state index in [4.69, 9.17) is 0 Å². The summed E-state index contributed by atoms with van der Waals surface area (Å²) < 4.78 is 2.58. The first kappa shape index (κ1) is 16.7. The Morgan fingerprint density at radius 2 is 2.04 bits per heavy atom. The highest BCUT2D eigenvalue weighted by molar-refractivity contribution is 9.10. The average Bonchev–Trinajstić information content (AvgIpc) is 3.03. The molecule has 0 unspecified atom stereocenters. The van der Waals surface area contributed by atoms with E-state index in [1.807, 2.05) is 45.2 Å². The number of nitrogens with zero attached hydrogens (tertiary/aromatic N) is 3. The van der Waals surface area contributed by atoms with Crippen molar-refractivity contribution < 1.29 is 9.59 Å². The van der Waals surface area contributed by atoms with E-state index in [9.17, 15) is 9.59 Å². The normalized spacial score (nSPS) is 17.4. The third-order valence-electron chi connectivity index (χ3n) is 4.40. The maximum absolute atomic E-state index is 12.6. The molecule has 2 heterocycles. The van der Waals surface area contributed by atoms with Crippen LogP contribution >= 0.6 is 15.9 Å². The molecule has 1 aliphatic rings. The van der Waals surface area contributed by atoms with Gasteiger partial charge in [-0.15, -0.1) is 0 Å². The van der Waals surface area contributed by atoms with E-state index in [0.29, 0.717) is 6.54 Å². The summed E-state index contributed by atoms with van der Waals surface area (Å²) in [4.78, 5) is 26.6. The number of hydrogen-bond donors (Lipinski definition) is 1. The van der Waals surface area contributed by atoms with Crippen LogP contribution in [0.2, 0.25) is 0 Å². The third kappa shape index (κ3) is 2.96. The predicted molar refractivity (Wildman–Crippen MR) is 95.9 cm³/mol. The molecule has 1 fully saturated rings. The number of anilines is 2. The number of carbonyl (C=O) groups excluding carboxylic acids is 2. The van der Waals surface area contributed by atoms with Crippen molar-refractivity contribution in [2.24, 2.45) is 13.0 Å². The number of halogens is 1. The van der Waals surface area contributed by atoms with Gasteiger partial charge in [-0.3, -0.25) is 14.3 Å². The molecule has 2 aromatic rings. The topological polar surface area (TPSA) is 67.2 Å². The Morgan fingerprint density at radius 1 is 1.33 bits per heavy atom. The van der Waals surface area contributed by atoms with Crippen molar-refractivity contribution in [3.8, 4) is 0 Å². The Labute approximate surface area is 149 Å². The Kier molecular flexibility index (Phi) is 4.45. The molecule has 24 heavy (non-hydrogen) atoms. The molecule has 0 aliphatic carbocycles. The summed E-state index contributed by atoms with van der Waals surface area (Å²) in [5.74, 6) is -0.553. The first-order valence-electron chi connectivity index (χ1n) is 7.74. The van der Waals surface area contributed by atoms with Gasteiger partial charge in [0.25, 0.3) is 0 Å². The van der Waals surface area contributed by atoms with Crippen molar-refractivity contribution >= 4 is 39.1 Å². The van der Waals surface area contributed by atoms with Crippen LogP contribution in [0.1, 0.15) is 17.8 Å². The fraction of sp³-hybridized carbons (Fsp3) is 0.353. The van der Waals surface area contributed by atoms with Gasteiger partial charge >= 0.3 is 0 Å². The number of nitrogens with one attached hydrogen (secondary N) is 1. The van der Waals surface area contributed by atoms with Crippen molar-refractivity contribution in [2.75, 3.05) is 16.8 Å². The van der Waals surface area contributed by atoms with Gasteiger partial charge in [0, 0.05) is 24.5 Å². The molecule has 1 aliphatic heterocycles. The largest absolute Gasteiger partial charge is 0.323 e. The van der Waals surface area contributed by atoms with E-state index in [-0.39, 0.29) is 24.2 Å². The van der Waals surface area contributed by atoms with E-state index in [0.717, 1.165) is 27.2 Å². The second-order valence-corrected chi connectivity index (χ2v) is 6.87. The van der Waals surface area contributed by atoms with Crippen molar-refractivity contribution in [3.05, 3.63) is 40.1 Å². The molecule has 1 N–H and O–H groups in total. The van der Waals surface area contributed by atoms with Crippen LogP contribution in [0.3, 0.4) is 0 Å². The number of carbonyl (C=O) groups is 2. The number of amides is 2. The van der Waals surface area contributed by atoms with Crippen molar-refractivity contribution in [1.82, 2.24) is 9.78 Å². The van der Waals surface area contributed by atoms with Crippen LogP contribution in [0.4, 0.5) is 11.4 Å². The second-order valence-electron chi connectivity index (χ2n) is 6.02. The quantitative estimate of drug-likeness (QED) is 0.875. The van der Waals surface area contributed by atoms with Gasteiger partial charge in [-0.05, 0) is 41.9 Å². The number of aromatic nitrogens is 2. The van der Waals surface area contributed by atoms with Crippen LogP contribution in [-0.4, -0.2) is 28.1 Å². The minimum atomic E-state index is -0.372. The third-order valence-corrected chi connectivity index (χ3v) is 5.07. The number of rotatable bonds is 3. The van der Waals surface area contributed by atoms with Crippen LogP contribution in [0.25, 0.3) is 0 Å². The Balaban J connectivity index is 1.76. The van der Waals surface area contributed by atoms with Crippen LogP contribution in [0.5, 0.6) is 0 Å². The minimum absolute atomic E-state index is 0.0401. The van der Waals surface area contributed by atoms with Crippen molar-refractivity contribution in [1.29, 1.82) is 0 Å². The van der Waals surface area contributed by atoms with E-state index >= 15 is 0 Å². The van der Waals surface area contributed by atoms with Gasteiger partial charge in [0.05, 0.1) is 28.7 Å². The molecule has 0 bridgehead atoms. The molecule has 1 atom stereocenters. The summed E-state index contributed by atoms with van der Waals surface area (Å²) in [5.41, 5.74) is 3.20. The summed E-state index contributed by atoms with van der Waals surface area (Å²) in [6, 6.07) is 7.53. The molecule has 1 aromatic heterocycles. The minimum Gasteiger partial charge on any atom is -0.323 e. The first-order chi connectivity index (χ1) is 11.4. The highest BCUT2D eigenvalue weighted by Crippen LogP contribution is 2.32. The van der Waals surface area contributed by atoms with E-state index in [1.54, 1.807) is 9.58 Å². The van der Waals surface area contributed by atoms with Gasteiger partial charge in [0.2, 0.25) is 11.8 Å². The number of hydrogen-bond acceptors (Lipinski definition) is 3. The highest BCUT2D eigenvalue weighted by Gasteiger charge is 2.36. The highest BCUT2D eigenvalue weighted by atomic mass is 79.9. The lowest BCUT2D eigenvalue weighted by molar-refractivity contribution is -0.122. The SMILES string of the molecule is Cc1nn(C)c(C)c1NC(=O)[C@@H]1CC(=O)N(c2ccccc2Br)C1. The van der Waals surface area contributed by atoms with Gasteiger partial charge in [-0.2, -0.15) is 5.10 Å². The zero-order valence-corrected chi connectivity index (χ0v) is 15.4. The standard InChI is InChI=1S/C17H19BrN4O2/c1-10-16(11(2)21(3)20-10)19-17(24)12-8-15(23)22(9-12)14-7-5-4-6-13(14)18/h4-7,12H,8-9H2,1-3H3,(H,19,24)/t12-/m1/s1. The molecule has 3 rings (SSSR count). The van der Waals surface area contributed by atoms with E-state index in [2.05, 4.69) is 26.3 Å². The fourth-order valence-corrected chi connectivity index (χ4v) is 3.47. The molecule has 1 saturated heterocycles. The zero-order chi connectivity index (χ0) is 17.4. The maximum atomic E-state index is 12.6. The van der Waals surface area contributed by atoms with Crippen LogP contribution in [-0.2, 0) is 16.6 Å². The summed E-state index contributed by atoms with van der Waals surface area (Å²) in [5, 5.41) is 7.23. The van der Waals surface area contributed by atoms with Gasteiger partial charge in [-0.25, -0.2) is 0 Å². The molecule has 0 spiro atoms. The summed E-state index contributed by atoms with van der Waals surface area (Å²) in [6.07, 6.45) is 0.214. The lowest BCUT2D eigenvalue weighted by atomic mass is 10.1. The number of para-hydroxylation sites is 1. The van der Waals surface area contributed by atoms with Gasteiger partial charge in [0.15, 0.2) is 0 Å². The summed E-state index contributed by atoms with van der Waals surface area (Å²) >= 11 is 3.46. The van der Waals surface area contributed by atoms with Gasteiger partial charge < -0.3 is 10.2 Å². The molecule has 0 saturated carbocycles. The fourth-order valence-electron chi connectivity index (χ4n) is 2.97. The lowest BCUT2D eigenvalue weighted by Gasteiger charge is -2.18. The Hall–Kier alpha value is -2.15. The zero-order valence-electron chi connectivity index (χ0n) is 13.8. The van der Waals surface area contributed by atoms with Crippen molar-refractivity contribution in [2.45, 2.75) is 20.3 Å². The smallest absolute Gasteiger partial charge is 0.229 e. The van der Waals surface area contributed by atoms with Crippen molar-refractivity contribution in [3.63, 3.8) is 0 Å². The molecule has 6 nitrogen and oxygen atoms in total. The monoisotopic (exact) mass is 390 g/mol. The molecular weight excluding hydrogens is 372 g/mol. The van der Waals surface area contributed by atoms with Gasteiger partial charge in [0.1, 0.15) is 0 Å². The molecular formula is C17H19BrN4O2. The molecule has 1 aromatic carbocycles. The van der Waals surface area contributed by atoms with Crippen LogP contribution in [0, 0.1) is 19.8 Å². The second kappa shape index (κ2) is 6.39. The van der Waals surface area contributed by atoms with E-state index in [1.165, 1.54) is 0 Å². The van der Waals surface area contributed by atoms with Crippen LogP contribution in [0.15, 0.2) is 28.7 Å².